The van der Waals surface area contributed by atoms with Gasteiger partial charge < -0.3 is 10.6 Å². The van der Waals surface area contributed by atoms with Crippen LogP contribution in [0.15, 0.2) is 35.3 Å². The Kier molecular flexibility index (Phi) is 4.73. The molecule has 1 atom stereocenters. The lowest BCUT2D eigenvalue weighted by atomic mass is 10.1. The fraction of sp³-hybridized carbons (Fsp3) is 0.333. The quantitative estimate of drug-likeness (QED) is 0.511. The predicted molar refractivity (Wildman–Crippen MR) is 119 cm³/mol. The Morgan fingerprint density at radius 3 is 3.03 bits per heavy atom. The number of rotatable bonds is 3. The normalized spacial score (nSPS) is 16.7. The Morgan fingerprint density at radius 1 is 1.33 bits per heavy atom. The van der Waals surface area contributed by atoms with Gasteiger partial charge in [-0.05, 0) is 37.4 Å². The smallest absolute Gasteiger partial charge is 0.294 e. The van der Waals surface area contributed by atoms with Gasteiger partial charge in [0.2, 0.25) is 5.95 Å². The molecule has 4 heterocycles. The molecule has 30 heavy (non-hydrogen) atoms. The molecule has 152 valence electrons. The van der Waals surface area contributed by atoms with E-state index in [0.29, 0.717) is 30.1 Å². The van der Waals surface area contributed by atoms with Gasteiger partial charge in [0.15, 0.2) is 5.52 Å². The maximum absolute atomic E-state index is 13.4. The Hall–Kier alpha value is -3.22. The second kappa shape index (κ2) is 7.55. The highest BCUT2D eigenvalue weighted by atomic mass is 32.1. The molecule has 4 aromatic rings. The van der Waals surface area contributed by atoms with Crippen molar-refractivity contribution in [3.63, 3.8) is 0 Å². The van der Waals surface area contributed by atoms with E-state index in [0.717, 1.165) is 35.2 Å². The van der Waals surface area contributed by atoms with Crippen LogP contribution in [-0.4, -0.2) is 42.8 Å². The minimum Gasteiger partial charge on any atom is -0.340 e. The maximum atomic E-state index is 13.4. The summed E-state index contributed by atoms with van der Waals surface area (Å²) in [7, 11) is 0. The second-order valence-corrected chi connectivity index (χ2v) is 8.23. The molecule has 8 nitrogen and oxygen atoms in total. The van der Waals surface area contributed by atoms with E-state index in [-0.39, 0.29) is 11.6 Å². The molecule has 1 unspecified atom stereocenters. The summed E-state index contributed by atoms with van der Waals surface area (Å²) in [5.74, 6) is 3.56. The first-order valence-corrected chi connectivity index (χ1v) is 10.7. The van der Waals surface area contributed by atoms with Crippen LogP contribution in [0.4, 0.5) is 5.95 Å². The molecule has 0 amide bonds. The standard InChI is InChI=1S/C21H21N7OS/c1-2-9-27-19-16(24-21(27)26-10-5-6-14(22)12-26)11-23-28(20(19)29)13-17-15-7-3-4-8-18(15)30-25-17/h3-4,7-8,11,14H,5-6,10,12-13,22H2,1H3. The molecular weight excluding hydrogens is 398 g/mol. The van der Waals surface area contributed by atoms with Gasteiger partial charge in [-0.25, -0.2) is 14.2 Å². The van der Waals surface area contributed by atoms with Gasteiger partial charge in [0.25, 0.3) is 5.56 Å². The van der Waals surface area contributed by atoms with Gasteiger partial charge in [-0.1, -0.05) is 24.1 Å². The van der Waals surface area contributed by atoms with Gasteiger partial charge in [-0.3, -0.25) is 4.79 Å². The topological polar surface area (TPSA) is 94.9 Å². The third kappa shape index (κ3) is 3.14. The van der Waals surface area contributed by atoms with Crippen LogP contribution in [0.2, 0.25) is 0 Å². The lowest BCUT2D eigenvalue weighted by molar-refractivity contribution is 0.499. The molecule has 1 aliphatic heterocycles. The van der Waals surface area contributed by atoms with Crippen LogP contribution in [0, 0.1) is 12.0 Å². The van der Waals surface area contributed by atoms with Crippen molar-refractivity contribution in [2.75, 3.05) is 18.0 Å². The number of hydrogen-bond acceptors (Lipinski definition) is 7. The van der Waals surface area contributed by atoms with E-state index >= 15 is 0 Å². The van der Waals surface area contributed by atoms with E-state index in [9.17, 15) is 4.79 Å². The van der Waals surface area contributed by atoms with Crippen molar-refractivity contribution in [2.24, 2.45) is 5.73 Å². The van der Waals surface area contributed by atoms with Gasteiger partial charge in [-0.15, -0.1) is 0 Å². The first-order valence-electron chi connectivity index (χ1n) is 9.91. The van der Waals surface area contributed by atoms with Crippen molar-refractivity contribution < 1.29 is 0 Å². The number of fused-ring (bicyclic) bond motifs is 2. The van der Waals surface area contributed by atoms with Crippen LogP contribution < -0.4 is 16.2 Å². The van der Waals surface area contributed by atoms with Crippen molar-refractivity contribution in [1.29, 1.82) is 0 Å². The van der Waals surface area contributed by atoms with Crippen molar-refractivity contribution in [2.45, 2.75) is 32.4 Å². The number of benzene rings is 1. The number of nitrogens with zero attached hydrogens (tertiary/aromatic N) is 6. The molecule has 3 aromatic heterocycles. The second-order valence-electron chi connectivity index (χ2n) is 7.42. The molecule has 0 aliphatic carbocycles. The SMILES string of the molecule is CC#Cn1c(N2CCCC(N)C2)nc2cnn(Cc3nsc4ccccc34)c(=O)c21. The van der Waals surface area contributed by atoms with E-state index in [1.54, 1.807) is 17.7 Å². The average molecular weight is 420 g/mol. The zero-order chi connectivity index (χ0) is 20.7. The number of nitrogens with two attached hydrogens (primary N) is 1. The molecule has 0 bridgehead atoms. The Bertz CT molecular complexity index is 1360. The highest BCUT2D eigenvalue weighted by Gasteiger charge is 2.24. The molecule has 0 radical (unpaired) electrons. The fourth-order valence-corrected chi connectivity index (χ4v) is 4.74. The highest BCUT2D eigenvalue weighted by molar-refractivity contribution is 7.13. The first-order chi connectivity index (χ1) is 14.7. The summed E-state index contributed by atoms with van der Waals surface area (Å²) in [6, 6.07) is 11.1. The fourth-order valence-electron chi connectivity index (χ4n) is 3.95. The summed E-state index contributed by atoms with van der Waals surface area (Å²) < 4.78 is 8.74. The van der Waals surface area contributed by atoms with Gasteiger partial charge >= 0.3 is 0 Å². The third-order valence-electron chi connectivity index (χ3n) is 5.36. The summed E-state index contributed by atoms with van der Waals surface area (Å²) in [6.07, 6.45) is 3.61. The zero-order valence-electron chi connectivity index (χ0n) is 16.6. The van der Waals surface area contributed by atoms with Crippen LogP contribution in [-0.2, 0) is 6.54 Å². The molecule has 9 heteroatoms. The Morgan fingerprint density at radius 2 is 2.20 bits per heavy atom. The number of piperidine rings is 1. The van der Waals surface area contributed by atoms with E-state index in [4.69, 9.17) is 5.73 Å². The average Bonchev–Trinajstić information content (AvgIpc) is 3.33. The lowest BCUT2D eigenvalue weighted by Gasteiger charge is -2.31. The summed E-state index contributed by atoms with van der Waals surface area (Å²) in [5.41, 5.74) is 7.74. The molecule has 5 rings (SSSR count). The largest absolute Gasteiger partial charge is 0.340 e. The monoisotopic (exact) mass is 419 g/mol. The molecule has 1 fully saturated rings. The number of aromatic nitrogens is 5. The van der Waals surface area contributed by atoms with Crippen LogP contribution in [0.1, 0.15) is 25.5 Å². The van der Waals surface area contributed by atoms with E-state index in [2.05, 4.69) is 31.3 Å². The maximum Gasteiger partial charge on any atom is 0.294 e. The van der Waals surface area contributed by atoms with Crippen LogP contribution >= 0.6 is 11.5 Å². The molecule has 1 saturated heterocycles. The summed E-state index contributed by atoms with van der Waals surface area (Å²) in [4.78, 5) is 20.1. The van der Waals surface area contributed by atoms with Gasteiger partial charge in [-0.2, -0.15) is 9.47 Å². The highest BCUT2D eigenvalue weighted by Crippen LogP contribution is 2.24. The Labute approximate surface area is 177 Å². The molecule has 2 N–H and O–H groups in total. The van der Waals surface area contributed by atoms with E-state index in [1.807, 2.05) is 24.3 Å². The van der Waals surface area contributed by atoms with Crippen LogP contribution in [0.5, 0.6) is 0 Å². The van der Waals surface area contributed by atoms with Crippen molar-refractivity contribution >= 4 is 38.6 Å². The number of imidazole rings is 1. The van der Waals surface area contributed by atoms with Crippen molar-refractivity contribution in [1.82, 2.24) is 23.7 Å². The summed E-state index contributed by atoms with van der Waals surface area (Å²) in [6.45, 7) is 3.59. The third-order valence-corrected chi connectivity index (χ3v) is 6.22. The van der Waals surface area contributed by atoms with E-state index < -0.39 is 0 Å². The minimum absolute atomic E-state index is 0.0920. The minimum atomic E-state index is -0.229. The molecule has 1 aliphatic rings. The van der Waals surface area contributed by atoms with Gasteiger partial charge in [0.1, 0.15) is 5.52 Å². The van der Waals surface area contributed by atoms with Crippen LogP contribution in [0.3, 0.4) is 0 Å². The van der Waals surface area contributed by atoms with Crippen molar-refractivity contribution in [3.05, 3.63) is 46.5 Å². The molecule has 0 spiro atoms. The van der Waals surface area contributed by atoms with Gasteiger partial charge in [0.05, 0.1) is 23.1 Å². The van der Waals surface area contributed by atoms with Crippen molar-refractivity contribution in [3.8, 4) is 12.0 Å². The summed E-state index contributed by atoms with van der Waals surface area (Å²) >= 11 is 1.43. The molecular formula is C21H21N7OS. The van der Waals surface area contributed by atoms with Crippen LogP contribution in [0.25, 0.3) is 21.1 Å². The van der Waals surface area contributed by atoms with E-state index in [1.165, 1.54) is 16.2 Å². The van der Waals surface area contributed by atoms with Gasteiger partial charge in [0, 0.05) is 30.6 Å². The summed E-state index contributed by atoms with van der Waals surface area (Å²) in [5, 5.41) is 5.41. The number of hydrogen-bond donors (Lipinski definition) is 1. The Balaban J connectivity index is 1.61. The number of anilines is 1. The molecule has 1 aromatic carbocycles. The zero-order valence-corrected chi connectivity index (χ0v) is 17.4. The molecule has 0 saturated carbocycles. The first kappa shape index (κ1) is 18.8. The lowest BCUT2D eigenvalue weighted by Crippen LogP contribution is -2.43. The predicted octanol–water partition coefficient (Wildman–Crippen LogP) is 2.01.